The average Bonchev–Trinajstić information content (AvgIpc) is 2.75. The summed E-state index contributed by atoms with van der Waals surface area (Å²) in [5, 5.41) is 7.86. The first-order valence-electron chi connectivity index (χ1n) is 9.78. The molecule has 152 valence electrons. The number of nitrogens with one attached hydrogen (secondary N) is 2. The van der Waals surface area contributed by atoms with Gasteiger partial charge in [0.1, 0.15) is 11.6 Å². The Morgan fingerprint density at radius 1 is 0.966 bits per heavy atom. The first kappa shape index (κ1) is 20.9. The molecule has 2 aromatic carbocycles. The molecule has 1 aliphatic carbocycles. The summed E-state index contributed by atoms with van der Waals surface area (Å²) in [5.74, 6) is 1.58. The van der Waals surface area contributed by atoms with Crippen LogP contribution in [0.15, 0.2) is 60.7 Å². The van der Waals surface area contributed by atoms with Crippen molar-refractivity contribution in [2.45, 2.75) is 37.8 Å². The van der Waals surface area contributed by atoms with E-state index in [0.717, 1.165) is 42.4 Å². The second-order valence-electron chi connectivity index (χ2n) is 7.29. The van der Waals surface area contributed by atoms with Crippen LogP contribution in [-0.4, -0.2) is 30.1 Å². The van der Waals surface area contributed by atoms with Crippen LogP contribution in [0.5, 0.6) is 5.75 Å². The lowest BCUT2D eigenvalue weighted by Gasteiger charge is -2.30. The lowest BCUT2D eigenvalue weighted by atomic mass is 9.91. The number of anilines is 1. The van der Waals surface area contributed by atoms with Gasteiger partial charge in [-0.05, 0) is 62.1 Å². The normalized spacial score (nSPS) is 18.5. The molecule has 0 saturated heterocycles. The van der Waals surface area contributed by atoms with Gasteiger partial charge in [0, 0.05) is 23.0 Å². The third kappa shape index (κ3) is 5.18. The fourth-order valence-electron chi connectivity index (χ4n) is 3.77. The van der Waals surface area contributed by atoms with Gasteiger partial charge in [-0.3, -0.25) is 4.79 Å². The van der Waals surface area contributed by atoms with Crippen molar-refractivity contribution in [3.63, 3.8) is 0 Å². The number of benzene rings is 2. The van der Waals surface area contributed by atoms with E-state index in [9.17, 15) is 4.79 Å². The molecule has 1 aromatic heterocycles. The van der Waals surface area contributed by atoms with E-state index >= 15 is 0 Å². The first-order valence-corrected chi connectivity index (χ1v) is 9.78. The highest BCUT2D eigenvalue weighted by atomic mass is 35.5. The van der Waals surface area contributed by atoms with Gasteiger partial charge in [-0.25, -0.2) is 4.98 Å². The monoisotopic (exact) mass is 411 g/mol. The Hall–Kier alpha value is -2.79. The number of methoxy groups -OCH3 is 1. The van der Waals surface area contributed by atoms with Crippen molar-refractivity contribution in [2.75, 3.05) is 12.4 Å². The minimum atomic E-state index is -0.0356. The summed E-state index contributed by atoms with van der Waals surface area (Å²) in [4.78, 5) is 17.2. The van der Waals surface area contributed by atoms with Crippen LogP contribution in [0.4, 0.5) is 5.82 Å². The van der Waals surface area contributed by atoms with Gasteiger partial charge in [-0.15, -0.1) is 12.4 Å². The second kappa shape index (κ2) is 9.61. The molecule has 29 heavy (non-hydrogen) atoms. The molecule has 2 N–H and O–H groups in total. The fourth-order valence-corrected chi connectivity index (χ4v) is 3.77. The van der Waals surface area contributed by atoms with Gasteiger partial charge in [0.15, 0.2) is 0 Å². The van der Waals surface area contributed by atoms with Gasteiger partial charge in [0.2, 0.25) is 0 Å². The summed E-state index contributed by atoms with van der Waals surface area (Å²) in [7, 11) is 1.61. The van der Waals surface area contributed by atoms with E-state index in [1.165, 1.54) is 0 Å². The van der Waals surface area contributed by atoms with Gasteiger partial charge < -0.3 is 15.4 Å². The molecular weight excluding hydrogens is 386 g/mol. The number of carbonyl (C=O) groups is 1. The Balaban J connectivity index is 0.00000240. The second-order valence-corrected chi connectivity index (χ2v) is 7.29. The number of aromatic nitrogens is 1. The summed E-state index contributed by atoms with van der Waals surface area (Å²) in [6.07, 6.45) is 3.94. The van der Waals surface area contributed by atoms with Gasteiger partial charge in [0.05, 0.1) is 12.6 Å². The number of hydrogen-bond donors (Lipinski definition) is 2. The molecular formula is C23H26ClN3O2. The maximum atomic E-state index is 12.5. The number of para-hydroxylation sites is 1. The highest BCUT2D eigenvalue weighted by Crippen LogP contribution is 2.23. The SMILES string of the molecule is COc1cccc(C(=O)NC2CCC(Nc3ccc4ccccc4n3)CC2)c1.Cl. The molecule has 1 saturated carbocycles. The van der Waals surface area contributed by atoms with Crippen molar-refractivity contribution in [1.29, 1.82) is 0 Å². The van der Waals surface area contributed by atoms with Crippen molar-refractivity contribution >= 4 is 35.0 Å². The minimum Gasteiger partial charge on any atom is -0.497 e. The number of hydrogen-bond acceptors (Lipinski definition) is 4. The molecule has 5 nitrogen and oxygen atoms in total. The summed E-state index contributed by atoms with van der Waals surface area (Å²) >= 11 is 0. The molecule has 0 unspecified atom stereocenters. The smallest absolute Gasteiger partial charge is 0.251 e. The van der Waals surface area contributed by atoms with E-state index in [4.69, 9.17) is 9.72 Å². The lowest BCUT2D eigenvalue weighted by Crippen LogP contribution is -2.40. The molecule has 1 amide bonds. The number of ether oxygens (including phenoxy) is 1. The minimum absolute atomic E-state index is 0. The molecule has 0 bridgehead atoms. The highest BCUT2D eigenvalue weighted by Gasteiger charge is 2.23. The Kier molecular flexibility index (Phi) is 6.94. The first-order chi connectivity index (χ1) is 13.7. The van der Waals surface area contributed by atoms with Crippen LogP contribution in [0.3, 0.4) is 0 Å². The Morgan fingerprint density at radius 2 is 1.72 bits per heavy atom. The summed E-state index contributed by atoms with van der Waals surface area (Å²) in [6.45, 7) is 0. The molecule has 1 aliphatic rings. The van der Waals surface area contributed by atoms with Crippen LogP contribution in [0.2, 0.25) is 0 Å². The quantitative estimate of drug-likeness (QED) is 0.631. The molecule has 0 aliphatic heterocycles. The zero-order chi connectivity index (χ0) is 19.3. The van der Waals surface area contributed by atoms with Gasteiger partial charge in [-0.1, -0.05) is 24.3 Å². The van der Waals surface area contributed by atoms with E-state index < -0.39 is 0 Å². The predicted molar refractivity (Wildman–Crippen MR) is 119 cm³/mol. The zero-order valence-electron chi connectivity index (χ0n) is 16.4. The van der Waals surface area contributed by atoms with E-state index in [1.807, 2.05) is 42.5 Å². The zero-order valence-corrected chi connectivity index (χ0v) is 17.2. The van der Waals surface area contributed by atoms with Crippen LogP contribution < -0.4 is 15.4 Å². The lowest BCUT2D eigenvalue weighted by molar-refractivity contribution is 0.0926. The van der Waals surface area contributed by atoms with Crippen molar-refractivity contribution in [3.05, 3.63) is 66.2 Å². The molecule has 0 spiro atoms. The number of halogens is 1. The van der Waals surface area contributed by atoms with Gasteiger partial charge >= 0.3 is 0 Å². The average molecular weight is 412 g/mol. The summed E-state index contributed by atoms with van der Waals surface area (Å²) < 4.78 is 5.20. The summed E-state index contributed by atoms with van der Waals surface area (Å²) in [6, 6.07) is 20.1. The van der Waals surface area contributed by atoms with Gasteiger partial charge in [-0.2, -0.15) is 0 Å². The number of nitrogens with zero attached hydrogens (tertiary/aromatic N) is 1. The van der Waals surface area contributed by atoms with E-state index in [-0.39, 0.29) is 24.4 Å². The Bertz CT molecular complexity index is 971. The van der Waals surface area contributed by atoms with Crippen molar-refractivity contribution in [2.24, 2.45) is 0 Å². The van der Waals surface area contributed by atoms with E-state index in [0.29, 0.717) is 17.4 Å². The molecule has 6 heteroatoms. The highest BCUT2D eigenvalue weighted by molar-refractivity contribution is 5.94. The summed E-state index contributed by atoms with van der Waals surface area (Å²) in [5.41, 5.74) is 1.65. The van der Waals surface area contributed by atoms with Gasteiger partial charge in [0.25, 0.3) is 5.91 Å². The largest absolute Gasteiger partial charge is 0.497 e. The predicted octanol–water partition coefficient (Wildman–Crippen LogP) is 4.82. The molecule has 1 heterocycles. The van der Waals surface area contributed by atoms with E-state index in [1.54, 1.807) is 13.2 Å². The molecule has 0 radical (unpaired) electrons. The van der Waals surface area contributed by atoms with Crippen molar-refractivity contribution in [1.82, 2.24) is 10.3 Å². The number of pyridine rings is 1. The standard InChI is InChI=1S/C23H25N3O2.ClH/c1-28-20-7-4-6-17(15-20)23(27)25-19-12-10-18(11-13-19)24-22-14-9-16-5-2-3-8-21(16)26-22;/h2-9,14-15,18-19H,10-13H2,1H3,(H,24,26)(H,25,27);1H. The molecule has 3 aromatic rings. The van der Waals surface area contributed by atoms with Crippen molar-refractivity contribution in [3.8, 4) is 5.75 Å². The van der Waals surface area contributed by atoms with Crippen LogP contribution in [0, 0.1) is 0 Å². The number of fused-ring (bicyclic) bond motifs is 1. The number of carbonyl (C=O) groups excluding carboxylic acids is 1. The molecule has 1 fully saturated rings. The Labute approximate surface area is 177 Å². The number of rotatable bonds is 5. The molecule has 0 atom stereocenters. The fraction of sp³-hybridized carbons (Fsp3) is 0.304. The molecule has 4 rings (SSSR count). The topological polar surface area (TPSA) is 63.2 Å². The number of amides is 1. The Morgan fingerprint density at radius 3 is 2.52 bits per heavy atom. The van der Waals surface area contributed by atoms with Crippen LogP contribution in [0.1, 0.15) is 36.0 Å². The maximum absolute atomic E-state index is 12.5. The van der Waals surface area contributed by atoms with Crippen molar-refractivity contribution < 1.29 is 9.53 Å². The maximum Gasteiger partial charge on any atom is 0.251 e. The van der Waals surface area contributed by atoms with Crippen LogP contribution in [0.25, 0.3) is 10.9 Å². The third-order valence-electron chi connectivity index (χ3n) is 5.34. The van der Waals surface area contributed by atoms with Crippen LogP contribution >= 0.6 is 12.4 Å². The van der Waals surface area contributed by atoms with Crippen LogP contribution in [-0.2, 0) is 0 Å². The van der Waals surface area contributed by atoms with E-state index in [2.05, 4.69) is 22.8 Å². The third-order valence-corrected chi connectivity index (χ3v) is 5.34.